The minimum Gasteiger partial charge on any atom is -0.308 e. The Hall–Kier alpha value is -0.0800. The van der Waals surface area contributed by atoms with E-state index in [2.05, 4.69) is 31.0 Å². The summed E-state index contributed by atoms with van der Waals surface area (Å²) in [4.78, 5) is 2.78. The molecule has 0 bridgehead atoms. The van der Waals surface area contributed by atoms with Crippen molar-refractivity contribution >= 4 is 0 Å². The third-order valence-corrected chi connectivity index (χ3v) is 5.23. The number of nitrogens with one attached hydrogen (secondary N) is 1. The minimum absolute atomic E-state index is 0.393. The molecule has 1 spiro atoms. The summed E-state index contributed by atoms with van der Waals surface area (Å²) in [6, 6.07) is 0. The molecule has 94 valence electrons. The highest BCUT2D eigenvalue weighted by Gasteiger charge is 2.46. The molecule has 2 nitrogen and oxygen atoms in total. The summed E-state index contributed by atoms with van der Waals surface area (Å²) >= 11 is 0. The first kappa shape index (κ1) is 12.4. The fraction of sp³-hybridized carbons (Fsp3) is 1.00. The molecule has 1 saturated carbocycles. The number of hydrogen-bond donors (Lipinski definition) is 1. The van der Waals surface area contributed by atoms with Gasteiger partial charge in [0.05, 0.1) is 0 Å². The predicted octanol–water partition coefficient (Wildman–Crippen LogP) is 2.78. The fourth-order valence-corrected chi connectivity index (χ4v) is 3.75. The number of likely N-dealkylation sites (N-methyl/N-ethyl adjacent to an activating group) is 1. The second-order valence-corrected chi connectivity index (χ2v) is 5.79. The molecule has 1 saturated heterocycles. The molecule has 16 heavy (non-hydrogen) atoms. The SMILES string of the molecule is CCN1CC(CC)(CC)NCC12CCCC2. The molecule has 2 heteroatoms. The number of hydrogen-bond acceptors (Lipinski definition) is 2. The Morgan fingerprint density at radius 2 is 1.69 bits per heavy atom. The fourth-order valence-electron chi connectivity index (χ4n) is 3.75. The highest BCUT2D eigenvalue weighted by molar-refractivity contribution is 5.06. The Morgan fingerprint density at radius 3 is 2.19 bits per heavy atom. The van der Waals surface area contributed by atoms with Crippen LogP contribution >= 0.6 is 0 Å². The van der Waals surface area contributed by atoms with Crippen LogP contribution in [0.1, 0.15) is 59.3 Å². The van der Waals surface area contributed by atoms with E-state index in [1.807, 2.05) is 0 Å². The van der Waals surface area contributed by atoms with Crippen LogP contribution in [0.2, 0.25) is 0 Å². The molecule has 0 aromatic heterocycles. The maximum Gasteiger partial charge on any atom is 0.0334 e. The van der Waals surface area contributed by atoms with Crippen LogP contribution < -0.4 is 5.32 Å². The molecule has 1 N–H and O–H groups in total. The van der Waals surface area contributed by atoms with Crippen molar-refractivity contribution in [3.63, 3.8) is 0 Å². The van der Waals surface area contributed by atoms with Crippen LogP contribution in [0.25, 0.3) is 0 Å². The van der Waals surface area contributed by atoms with Crippen LogP contribution in [-0.4, -0.2) is 35.6 Å². The van der Waals surface area contributed by atoms with Crippen molar-refractivity contribution in [2.45, 2.75) is 70.4 Å². The van der Waals surface area contributed by atoms with Gasteiger partial charge in [0.15, 0.2) is 0 Å². The summed E-state index contributed by atoms with van der Waals surface area (Å²) in [5.74, 6) is 0. The molecular weight excluding hydrogens is 196 g/mol. The Kier molecular flexibility index (Phi) is 3.60. The van der Waals surface area contributed by atoms with E-state index in [-0.39, 0.29) is 0 Å². The van der Waals surface area contributed by atoms with Crippen molar-refractivity contribution in [2.75, 3.05) is 19.6 Å². The summed E-state index contributed by atoms with van der Waals surface area (Å²) in [6.07, 6.45) is 8.22. The molecule has 0 aromatic carbocycles. The van der Waals surface area contributed by atoms with E-state index in [1.165, 1.54) is 58.2 Å². The van der Waals surface area contributed by atoms with E-state index in [0.29, 0.717) is 11.1 Å². The summed E-state index contributed by atoms with van der Waals surface area (Å²) in [7, 11) is 0. The van der Waals surface area contributed by atoms with Gasteiger partial charge >= 0.3 is 0 Å². The lowest BCUT2D eigenvalue weighted by Gasteiger charge is -2.53. The average molecular weight is 224 g/mol. The molecule has 1 heterocycles. The zero-order chi connectivity index (χ0) is 11.6. The van der Waals surface area contributed by atoms with Gasteiger partial charge < -0.3 is 5.32 Å². The molecular formula is C14H28N2. The lowest BCUT2D eigenvalue weighted by molar-refractivity contribution is 0.00840. The predicted molar refractivity (Wildman–Crippen MR) is 69.8 cm³/mol. The van der Waals surface area contributed by atoms with Gasteiger partial charge in [-0.2, -0.15) is 0 Å². The first-order chi connectivity index (χ1) is 7.70. The highest BCUT2D eigenvalue weighted by atomic mass is 15.3. The van der Waals surface area contributed by atoms with Gasteiger partial charge in [0.1, 0.15) is 0 Å². The van der Waals surface area contributed by atoms with Gasteiger partial charge in [-0.3, -0.25) is 4.90 Å². The summed E-state index contributed by atoms with van der Waals surface area (Å²) in [5, 5.41) is 3.89. The molecule has 1 aliphatic carbocycles. The van der Waals surface area contributed by atoms with Crippen molar-refractivity contribution in [1.82, 2.24) is 10.2 Å². The van der Waals surface area contributed by atoms with E-state index >= 15 is 0 Å². The summed E-state index contributed by atoms with van der Waals surface area (Å²) in [5.41, 5.74) is 0.909. The zero-order valence-corrected chi connectivity index (χ0v) is 11.3. The molecule has 2 aliphatic rings. The Bertz CT molecular complexity index is 227. The van der Waals surface area contributed by atoms with E-state index < -0.39 is 0 Å². The Balaban J connectivity index is 2.12. The maximum absolute atomic E-state index is 3.89. The normalized spacial score (nSPS) is 28.7. The van der Waals surface area contributed by atoms with E-state index in [9.17, 15) is 0 Å². The lowest BCUT2D eigenvalue weighted by Crippen LogP contribution is -2.68. The molecule has 2 fully saturated rings. The van der Waals surface area contributed by atoms with Gasteiger partial charge in [-0.05, 0) is 32.2 Å². The summed E-state index contributed by atoms with van der Waals surface area (Å²) < 4.78 is 0. The minimum atomic E-state index is 0.393. The molecule has 0 aromatic rings. The quantitative estimate of drug-likeness (QED) is 0.793. The largest absolute Gasteiger partial charge is 0.308 e. The van der Waals surface area contributed by atoms with Crippen molar-refractivity contribution in [2.24, 2.45) is 0 Å². The van der Waals surface area contributed by atoms with Crippen LogP contribution in [0, 0.1) is 0 Å². The second kappa shape index (κ2) is 4.66. The van der Waals surface area contributed by atoms with Crippen LogP contribution in [0.5, 0.6) is 0 Å². The van der Waals surface area contributed by atoms with Crippen LogP contribution in [0.3, 0.4) is 0 Å². The first-order valence-corrected chi connectivity index (χ1v) is 7.20. The van der Waals surface area contributed by atoms with Crippen LogP contribution in [-0.2, 0) is 0 Å². The van der Waals surface area contributed by atoms with E-state index in [4.69, 9.17) is 0 Å². The lowest BCUT2D eigenvalue weighted by atomic mass is 9.82. The average Bonchev–Trinajstić information content (AvgIpc) is 2.80. The maximum atomic E-state index is 3.89. The van der Waals surface area contributed by atoms with Crippen molar-refractivity contribution < 1.29 is 0 Å². The van der Waals surface area contributed by atoms with Crippen LogP contribution in [0.15, 0.2) is 0 Å². The standard InChI is InChI=1S/C14H28N2/c1-4-13(5-2)12-16(6-3)14(11-15-13)9-7-8-10-14/h15H,4-12H2,1-3H3. The molecule has 2 rings (SSSR count). The van der Waals surface area contributed by atoms with Crippen LogP contribution in [0.4, 0.5) is 0 Å². The van der Waals surface area contributed by atoms with Crippen molar-refractivity contribution in [3.05, 3.63) is 0 Å². The van der Waals surface area contributed by atoms with Gasteiger partial charge in [-0.15, -0.1) is 0 Å². The molecule has 0 unspecified atom stereocenters. The third-order valence-electron chi connectivity index (χ3n) is 5.23. The van der Waals surface area contributed by atoms with Gasteiger partial charge in [0.25, 0.3) is 0 Å². The van der Waals surface area contributed by atoms with Gasteiger partial charge in [0.2, 0.25) is 0 Å². The van der Waals surface area contributed by atoms with Crippen molar-refractivity contribution in [1.29, 1.82) is 0 Å². The second-order valence-electron chi connectivity index (χ2n) is 5.79. The third kappa shape index (κ3) is 1.91. The molecule has 0 amide bonds. The number of nitrogens with zero attached hydrogens (tertiary/aromatic N) is 1. The molecule has 0 radical (unpaired) electrons. The zero-order valence-electron chi connectivity index (χ0n) is 11.3. The van der Waals surface area contributed by atoms with E-state index in [0.717, 1.165) is 0 Å². The molecule has 1 aliphatic heterocycles. The Morgan fingerprint density at radius 1 is 1.06 bits per heavy atom. The monoisotopic (exact) mass is 224 g/mol. The van der Waals surface area contributed by atoms with Gasteiger partial charge in [0, 0.05) is 24.2 Å². The number of piperazine rings is 1. The Labute approximate surface area is 101 Å². The number of rotatable bonds is 3. The van der Waals surface area contributed by atoms with E-state index in [1.54, 1.807) is 0 Å². The smallest absolute Gasteiger partial charge is 0.0334 e. The summed E-state index contributed by atoms with van der Waals surface area (Å²) in [6.45, 7) is 10.7. The van der Waals surface area contributed by atoms with Crippen molar-refractivity contribution in [3.8, 4) is 0 Å². The van der Waals surface area contributed by atoms with Gasteiger partial charge in [-0.1, -0.05) is 33.6 Å². The highest BCUT2D eigenvalue weighted by Crippen LogP contribution is 2.39. The first-order valence-electron chi connectivity index (χ1n) is 7.20. The topological polar surface area (TPSA) is 15.3 Å². The molecule has 0 atom stereocenters. The van der Waals surface area contributed by atoms with Gasteiger partial charge in [-0.25, -0.2) is 0 Å².